The zero-order valence-corrected chi connectivity index (χ0v) is 15.2. The standard InChI is InChI=1S/C21H23N5O/c22-19-9-8-17(13-24-19)21(27)26-11-4-7-18(15-26)20-23-10-12-25(20)14-16-5-2-1-3-6-16/h1-3,5-6,8-10,12-13,18H,4,7,11,14-15H2,(H2,22,24)/t18-/m1/s1. The summed E-state index contributed by atoms with van der Waals surface area (Å²) in [6.07, 6.45) is 7.43. The maximum absolute atomic E-state index is 12.8. The summed E-state index contributed by atoms with van der Waals surface area (Å²) in [5, 5.41) is 0. The number of rotatable bonds is 4. The number of carbonyl (C=O) groups is 1. The van der Waals surface area contributed by atoms with E-state index in [0.717, 1.165) is 31.8 Å². The van der Waals surface area contributed by atoms with E-state index in [4.69, 9.17) is 5.73 Å². The van der Waals surface area contributed by atoms with Gasteiger partial charge in [0.05, 0.1) is 5.56 Å². The number of carbonyl (C=O) groups excluding carboxylic acids is 1. The zero-order valence-electron chi connectivity index (χ0n) is 15.2. The molecule has 1 atom stereocenters. The number of hydrogen-bond donors (Lipinski definition) is 1. The molecule has 0 saturated carbocycles. The van der Waals surface area contributed by atoms with Crippen molar-refractivity contribution in [1.82, 2.24) is 19.4 Å². The van der Waals surface area contributed by atoms with Crippen LogP contribution in [0.1, 0.15) is 40.5 Å². The van der Waals surface area contributed by atoms with Crippen molar-refractivity contribution in [3.8, 4) is 0 Å². The van der Waals surface area contributed by atoms with Gasteiger partial charge >= 0.3 is 0 Å². The molecule has 1 fully saturated rings. The molecule has 1 aromatic carbocycles. The number of likely N-dealkylation sites (tertiary alicyclic amines) is 1. The highest BCUT2D eigenvalue weighted by atomic mass is 16.2. The predicted molar refractivity (Wildman–Crippen MR) is 104 cm³/mol. The van der Waals surface area contributed by atoms with Crippen molar-refractivity contribution in [3.05, 3.63) is 78.0 Å². The number of imidazole rings is 1. The van der Waals surface area contributed by atoms with E-state index in [1.165, 1.54) is 5.56 Å². The Morgan fingerprint density at radius 2 is 2.00 bits per heavy atom. The van der Waals surface area contributed by atoms with Crippen molar-refractivity contribution in [1.29, 1.82) is 0 Å². The molecule has 1 amide bonds. The second-order valence-corrected chi connectivity index (χ2v) is 6.96. The highest BCUT2D eigenvalue weighted by molar-refractivity contribution is 5.94. The number of nitrogens with two attached hydrogens (primary N) is 1. The first-order valence-electron chi connectivity index (χ1n) is 9.26. The molecule has 3 heterocycles. The number of hydrogen-bond acceptors (Lipinski definition) is 4. The molecule has 27 heavy (non-hydrogen) atoms. The lowest BCUT2D eigenvalue weighted by atomic mass is 9.96. The van der Waals surface area contributed by atoms with Crippen LogP contribution in [0.5, 0.6) is 0 Å². The van der Waals surface area contributed by atoms with Gasteiger partial charge in [0.2, 0.25) is 0 Å². The Labute approximate surface area is 158 Å². The summed E-state index contributed by atoms with van der Waals surface area (Å²) < 4.78 is 2.19. The lowest BCUT2D eigenvalue weighted by Crippen LogP contribution is -2.39. The molecule has 2 aromatic heterocycles. The molecule has 0 spiro atoms. The fraction of sp³-hybridized carbons (Fsp3) is 0.286. The van der Waals surface area contributed by atoms with Gasteiger partial charge in [-0.05, 0) is 30.5 Å². The normalized spacial score (nSPS) is 17.0. The fourth-order valence-electron chi connectivity index (χ4n) is 3.68. The Kier molecular flexibility index (Phi) is 4.87. The molecule has 6 heteroatoms. The maximum Gasteiger partial charge on any atom is 0.255 e. The molecule has 0 bridgehead atoms. The number of piperidine rings is 1. The van der Waals surface area contributed by atoms with Crippen molar-refractivity contribution in [2.24, 2.45) is 0 Å². The largest absolute Gasteiger partial charge is 0.384 e. The quantitative estimate of drug-likeness (QED) is 0.775. The number of amides is 1. The third-order valence-corrected chi connectivity index (χ3v) is 5.05. The second kappa shape index (κ2) is 7.61. The van der Waals surface area contributed by atoms with E-state index in [9.17, 15) is 4.79 Å². The van der Waals surface area contributed by atoms with Crippen molar-refractivity contribution >= 4 is 11.7 Å². The minimum absolute atomic E-state index is 0.00775. The average molecular weight is 361 g/mol. The topological polar surface area (TPSA) is 77.0 Å². The van der Waals surface area contributed by atoms with Gasteiger partial charge in [-0.15, -0.1) is 0 Å². The Hall–Kier alpha value is -3.15. The first-order valence-corrected chi connectivity index (χ1v) is 9.26. The van der Waals surface area contributed by atoms with Crippen LogP contribution in [0.3, 0.4) is 0 Å². The number of aromatic nitrogens is 3. The van der Waals surface area contributed by atoms with Gasteiger partial charge in [-0.25, -0.2) is 9.97 Å². The van der Waals surface area contributed by atoms with Gasteiger partial charge in [-0.1, -0.05) is 30.3 Å². The predicted octanol–water partition coefficient (Wildman–Crippen LogP) is 2.93. The summed E-state index contributed by atoms with van der Waals surface area (Å²) in [6, 6.07) is 13.8. The van der Waals surface area contributed by atoms with Crippen LogP contribution in [0.15, 0.2) is 61.1 Å². The summed E-state index contributed by atoms with van der Waals surface area (Å²) in [6.45, 7) is 2.23. The first-order chi connectivity index (χ1) is 13.2. The van der Waals surface area contributed by atoms with Crippen LogP contribution in [0.4, 0.5) is 5.82 Å². The Bertz CT molecular complexity index is 904. The molecule has 1 aliphatic heterocycles. The lowest BCUT2D eigenvalue weighted by Gasteiger charge is -2.32. The van der Waals surface area contributed by atoms with Crippen LogP contribution in [0, 0.1) is 0 Å². The van der Waals surface area contributed by atoms with E-state index in [1.54, 1.807) is 18.3 Å². The minimum atomic E-state index is 0.00775. The van der Waals surface area contributed by atoms with Crippen molar-refractivity contribution < 1.29 is 4.79 Å². The van der Waals surface area contributed by atoms with Crippen LogP contribution < -0.4 is 5.73 Å². The second-order valence-electron chi connectivity index (χ2n) is 6.96. The third-order valence-electron chi connectivity index (χ3n) is 5.05. The molecule has 3 aromatic rings. The number of benzene rings is 1. The van der Waals surface area contributed by atoms with E-state index in [-0.39, 0.29) is 11.8 Å². The smallest absolute Gasteiger partial charge is 0.255 e. The molecule has 0 radical (unpaired) electrons. The van der Waals surface area contributed by atoms with Crippen LogP contribution in [0.2, 0.25) is 0 Å². The Balaban J connectivity index is 1.50. The fourth-order valence-corrected chi connectivity index (χ4v) is 3.68. The van der Waals surface area contributed by atoms with E-state index < -0.39 is 0 Å². The van der Waals surface area contributed by atoms with Gasteiger partial charge < -0.3 is 15.2 Å². The van der Waals surface area contributed by atoms with Crippen LogP contribution >= 0.6 is 0 Å². The molecule has 0 aliphatic carbocycles. The van der Waals surface area contributed by atoms with Gasteiger partial charge in [0, 0.05) is 44.1 Å². The zero-order chi connectivity index (χ0) is 18.6. The average Bonchev–Trinajstić information content (AvgIpc) is 3.17. The first kappa shape index (κ1) is 17.3. The van der Waals surface area contributed by atoms with Gasteiger partial charge in [0.25, 0.3) is 5.91 Å². The van der Waals surface area contributed by atoms with E-state index in [0.29, 0.717) is 17.9 Å². The van der Waals surface area contributed by atoms with E-state index >= 15 is 0 Å². The summed E-state index contributed by atoms with van der Waals surface area (Å²) in [7, 11) is 0. The molecule has 6 nitrogen and oxygen atoms in total. The molecular weight excluding hydrogens is 338 g/mol. The van der Waals surface area contributed by atoms with Crippen LogP contribution in [-0.2, 0) is 6.54 Å². The summed E-state index contributed by atoms with van der Waals surface area (Å²) >= 11 is 0. The Morgan fingerprint density at radius 3 is 2.78 bits per heavy atom. The SMILES string of the molecule is Nc1ccc(C(=O)N2CCC[C@@H](c3nccn3Cc3ccccc3)C2)cn1. The summed E-state index contributed by atoms with van der Waals surface area (Å²) in [4.78, 5) is 23.4. The molecule has 2 N–H and O–H groups in total. The van der Waals surface area contributed by atoms with Crippen molar-refractivity contribution in [2.75, 3.05) is 18.8 Å². The van der Waals surface area contributed by atoms with Crippen LogP contribution in [0.25, 0.3) is 0 Å². The lowest BCUT2D eigenvalue weighted by molar-refractivity contribution is 0.0703. The molecule has 0 unspecified atom stereocenters. The van der Waals surface area contributed by atoms with Gasteiger partial charge in [0.15, 0.2) is 0 Å². The summed E-state index contributed by atoms with van der Waals surface area (Å²) in [5.41, 5.74) is 7.45. The van der Waals surface area contributed by atoms with Crippen molar-refractivity contribution in [2.45, 2.75) is 25.3 Å². The van der Waals surface area contributed by atoms with E-state index in [1.807, 2.05) is 35.5 Å². The molecule has 138 valence electrons. The number of anilines is 1. The number of pyridine rings is 1. The third kappa shape index (κ3) is 3.84. The minimum Gasteiger partial charge on any atom is -0.384 e. The molecular formula is C21H23N5O. The summed E-state index contributed by atoms with van der Waals surface area (Å²) in [5.74, 6) is 1.72. The van der Waals surface area contributed by atoms with Gasteiger partial charge in [0.1, 0.15) is 11.6 Å². The van der Waals surface area contributed by atoms with Gasteiger partial charge in [-0.3, -0.25) is 4.79 Å². The Morgan fingerprint density at radius 1 is 1.15 bits per heavy atom. The van der Waals surface area contributed by atoms with Crippen molar-refractivity contribution in [3.63, 3.8) is 0 Å². The maximum atomic E-state index is 12.8. The molecule has 4 rings (SSSR count). The van der Waals surface area contributed by atoms with E-state index in [2.05, 4.69) is 26.7 Å². The highest BCUT2D eigenvalue weighted by Gasteiger charge is 2.28. The number of nitrogen functional groups attached to an aromatic ring is 1. The van der Waals surface area contributed by atoms with Gasteiger partial charge in [-0.2, -0.15) is 0 Å². The number of nitrogens with zero attached hydrogens (tertiary/aromatic N) is 4. The monoisotopic (exact) mass is 361 g/mol. The van der Waals surface area contributed by atoms with Crippen LogP contribution in [-0.4, -0.2) is 38.4 Å². The molecule has 1 saturated heterocycles. The highest BCUT2D eigenvalue weighted by Crippen LogP contribution is 2.27. The molecule has 1 aliphatic rings.